The molecule has 0 spiro atoms. The fourth-order valence-corrected chi connectivity index (χ4v) is 2.54. The lowest BCUT2D eigenvalue weighted by molar-refractivity contribution is -0.137. The molecular weight excluding hydrogens is 325 g/mol. The summed E-state index contributed by atoms with van der Waals surface area (Å²) in [4.78, 5) is 0. The van der Waals surface area contributed by atoms with Gasteiger partial charge in [-0.1, -0.05) is 30.3 Å². The monoisotopic (exact) mass is 338 g/mol. The Morgan fingerprint density at radius 2 is 1.56 bits per heavy atom. The molecule has 2 nitrogen and oxygen atoms in total. The second-order valence-corrected chi connectivity index (χ2v) is 5.39. The van der Waals surface area contributed by atoms with Gasteiger partial charge in [-0.05, 0) is 47.5 Å². The van der Waals surface area contributed by atoms with Gasteiger partial charge in [-0.25, -0.2) is 0 Å². The van der Waals surface area contributed by atoms with Gasteiger partial charge in [0.25, 0.3) is 0 Å². The molecule has 0 radical (unpaired) electrons. The summed E-state index contributed by atoms with van der Waals surface area (Å²) in [7, 11) is 0. The lowest BCUT2D eigenvalue weighted by atomic mass is 10.0. The Balaban J connectivity index is 1.99. The van der Waals surface area contributed by atoms with Gasteiger partial charge in [0.05, 0.1) is 17.2 Å². The van der Waals surface area contributed by atoms with Crippen LogP contribution in [-0.2, 0) is 6.18 Å². The van der Waals surface area contributed by atoms with Gasteiger partial charge in [-0.2, -0.15) is 18.4 Å². The molecule has 3 rings (SSSR count). The van der Waals surface area contributed by atoms with Crippen LogP contribution in [-0.4, -0.2) is 4.57 Å². The molecule has 0 bridgehead atoms. The van der Waals surface area contributed by atoms with E-state index in [1.165, 1.54) is 24.3 Å². The average Bonchev–Trinajstić information content (AvgIpc) is 3.14. The zero-order valence-corrected chi connectivity index (χ0v) is 13.0. The van der Waals surface area contributed by atoms with Gasteiger partial charge in [0.15, 0.2) is 0 Å². The highest BCUT2D eigenvalue weighted by Crippen LogP contribution is 2.33. The molecule has 0 unspecified atom stereocenters. The van der Waals surface area contributed by atoms with Gasteiger partial charge in [0, 0.05) is 18.1 Å². The minimum atomic E-state index is -4.47. The molecule has 0 N–H and O–H groups in total. The highest BCUT2D eigenvalue weighted by molar-refractivity contribution is 5.90. The number of hydrogen-bond acceptors (Lipinski definition) is 1. The van der Waals surface area contributed by atoms with E-state index < -0.39 is 11.7 Å². The number of rotatable bonds is 3. The number of nitriles is 1. The molecule has 0 atom stereocenters. The Hall–Kier alpha value is -3.26. The maximum atomic E-state index is 13.1. The number of halogens is 3. The lowest BCUT2D eigenvalue weighted by Gasteiger charge is -2.10. The summed E-state index contributed by atoms with van der Waals surface area (Å²) in [5.74, 6) is 0. The maximum Gasteiger partial charge on any atom is 0.416 e. The minimum absolute atomic E-state index is 0.0268. The largest absolute Gasteiger partial charge is 0.416 e. The highest BCUT2D eigenvalue weighted by Gasteiger charge is 2.32. The second kappa shape index (κ2) is 6.70. The Morgan fingerprint density at radius 1 is 0.920 bits per heavy atom. The number of hydrogen-bond donors (Lipinski definition) is 0. The van der Waals surface area contributed by atoms with Crippen molar-refractivity contribution in [2.24, 2.45) is 0 Å². The molecule has 0 aliphatic heterocycles. The van der Waals surface area contributed by atoms with Crippen molar-refractivity contribution in [2.45, 2.75) is 6.18 Å². The van der Waals surface area contributed by atoms with E-state index in [1.54, 1.807) is 12.1 Å². The molecule has 5 heteroatoms. The second-order valence-electron chi connectivity index (χ2n) is 5.39. The molecule has 0 aliphatic rings. The van der Waals surface area contributed by atoms with Crippen LogP contribution in [0.25, 0.3) is 17.3 Å². The molecule has 2 aromatic carbocycles. The first-order valence-corrected chi connectivity index (χ1v) is 7.51. The molecule has 0 aliphatic carbocycles. The summed E-state index contributed by atoms with van der Waals surface area (Å²) in [5.41, 5.74) is 0.862. The van der Waals surface area contributed by atoms with Crippen molar-refractivity contribution < 1.29 is 13.2 Å². The summed E-state index contributed by atoms with van der Waals surface area (Å²) in [5, 5.41) is 9.38. The van der Waals surface area contributed by atoms with Crippen molar-refractivity contribution in [1.29, 1.82) is 5.26 Å². The zero-order valence-electron chi connectivity index (χ0n) is 13.0. The van der Waals surface area contributed by atoms with E-state index in [0.29, 0.717) is 5.56 Å². The predicted octanol–water partition coefficient (Wildman–Crippen LogP) is 5.56. The van der Waals surface area contributed by atoms with Gasteiger partial charge >= 0.3 is 6.18 Å². The van der Waals surface area contributed by atoms with Crippen LogP contribution in [0.1, 0.15) is 16.7 Å². The third kappa shape index (κ3) is 3.64. The molecule has 124 valence electrons. The minimum Gasteiger partial charge on any atom is -0.324 e. The van der Waals surface area contributed by atoms with Crippen molar-refractivity contribution >= 4 is 11.6 Å². The topological polar surface area (TPSA) is 28.7 Å². The van der Waals surface area contributed by atoms with Gasteiger partial charge in [-0.3, -0.25) is 0 Å². The molecule has 0 fully saturated rings. The van der Waals surface area contributed by atoms with Crippen LogP contribution in [0.15, 0.2) is 73.1 Å². The summed E-state index contributed by atoms with van der Waals surface area (Å²) >= 11 is 0. The van der Waals surface area contributed by atoms with Gasteiger partial charge in [0.2, 0.25) is 0 Å². The van der Waals surface area contributed by atoms with Crippen molar-refractivity contribution in [3.63, 3.8) is 0 Å². The maximum absolute atomic E-state index is 13.1. The van der Waals surface area contributed by atoms with Crippen LogP contribution in [0, 0.1) is 11.3 Å². The molecule has 0 saturated carbocycles. The standard InChI is InChI=1S/C20H13F3N2/c21-20(22,23)19-6-2-1-5-16(19)13-17(14-24)15-7-9-18(10-8-15)25-11-3-4-12-25/h1-13H. The van der Waals surface area contributed by atoms with Crippen LogP contribution < -0.4 is 0 Å². The summed E-state index contributed by atoms with van der Waals surface area (Å²) in [6, 6.07) is 18.1. The molecule has 3 aromatic rings. The van der Waals surface area contributed by atoms with Crippen molar-refractivity contribution in [3.8, 4) is 11.8 Å². The van der Waals surface area contributed by atoms with Gasteiger partial charge in [0.1, 0.15) is 0 Å². The Kier molecular flexibility index (Phi) is 4.44. The Morgan fingerprint density at radius 3 is 2.16 bits per heavy atom. The Labute approximate surface area is 143 Å². The number of alkyl halides is 3. The molecule has 1 aromatic heterocycles. The van der Waals surface area contributed by atoms with Crippen LogP contribution in [0.4, 0.5) is 13.2 Å². The molecule has 0 saturated heterocycles. The highest BCUT2D eigenvalue weighted by atomic mass is 19.4. The van der Waals surface area contributed by atoms with E-state index in [9.17, 15) is 18.4 Å². The van der Waals surface area contributed by atoms with E-state index in [1.807, 2.05) is 47.3 Å². The molecular formula is C20H13F3N2. The third-order valence-corrected chi connectivity index (χ3v) is 3.77. The summed E-state index contributed by atoms with van der Waals surface area (Å²) in [6.07, 6.45) is 0.574. The van der Waals surface area contributed by atoms with Crippen LogP contribution >= 0.6 is 0 Å². The fraction of sp³-hybridized carbons (Fsp3) is 0.0500. The number of nitrogens with zero attached hydrogens (tertiary/aromatic N) is 2. The van der Waals surface area contributed by atoms with Crippen LogP contribution in [0.2, 0.25) is 0 Å². The number of aromatic nitrogens is 1. The SMILES string of the molecule is N#CC(=Cc1ccccc1C(F)(F)F)c1ccc(-n2cccc2)cc1. The van der Waals surface area contributed by atoms with Crippen molar-refractivity contribution in [3.05, 3.63) is 89.7 Å². The van der Waals surface area contributed by atoms with Crippen molar-refractivity contribution in [2.75, 3.05) is 0 Å². The van der Waals surface area contributed by atoms with Crippen LogP contribution in [0.3, 0.4) is 0 Å². The van der Waals surface area contributed by atoms with E-state index >= 15 is 0 Å². The van der Waals surface area contributed by atoms with E-state index in [-0.39, 0.29) is 11.1 Å². The molecule has 0 amide bonds. The third-order valence-electron chi connectivity index (χ3n) is 3.77. The zero-order chi connectivity index (χ0) is 17.9. The Bertz CT molecular complexity index is 928. The quantitative estimate of drug-likeness (QED) is 0.454. The first-order valence-electron chi connectivity index (χ1n) is 7.51. The lowest BCUT2D eigenvalue weighted by Crippen LogP contribution is -2.07. The average molecular weight is 338 g/mol. The normalized spacial score (nSPS) is 12.0. The van der Waals surface area contributed by atoms with E-state index in [0.717, 1.165) is 11.8 Å². The fourth-order valence-electron chi connectivity index (χ4n) is 2.54. The molecule has 25 heavy (non-hydrogen) atoms. The van der Waals surface area contributed by atoms with E-state index in [2.05, 4.69) is 0 Å². The van der Waals surface area contributed by atoms with Crippen molar-refractivity contribution in [1.82, 2.24) is 4.57 Å². The molecule has 1 heterocycles. The number of benzene rings is 2. The summed E-state index contributed by atoms with van der Waals surface area (Å²) < 4.78 is 41.2. The van der Waals surface area contributed by atoms with Gasteiger partial charge in [-0.15, -0.1) is 0 Å². The first kappa shape index (κ1) is 16.6. The van der Waals surface area contributed by atoms with Gasteiger partial charge < -0.3 is 4.57 Å². The number of allylic oxidation sites excluding steroid dienone is 1. The van der Waals surface area contributed by atoms with Crippen LogP contribution in [0.5, 0.6) is 0 Å². The summed E-state index contributed by atoms with van der Waals surface area (Å²) in [6.45, 7) is 0. The predicted molar refractivity (Wildman–Crippen MR) is 90.7 cm³/mol. The first-order chi connectivity index (χ1) is 12.0. The smallest absolute Gasteiger partial charge is 0.324 e. The van der Waals surface area contributed by atoms with E-state index in [4.69, 9.17) is 0 Å².